The van der Waals surface area contributed by atoms with Gasteiger partial charge in [-0.1, -0.05) is 18.2 Å². The maximum atomic E-state index is 13.3. The van der Waals surface area contributed by atoms with Crippen molar-refractivity contribution in [1.82, 2.24) is 0 Å². The smallest absolute Gasteiger partial charge is 0.340 e. The molecule has 5 rings (SSSR count). The molecule has 230 valence electrons. The summed E-state index contributed by atoms with van der Waals surface area (Å²) < 4.78 is 45.5. The van der Waals surface area contributed by atoms with E-state index in [1.807, 2.05) is 12.1 Å². The maximum Gasteiger partial charge on any atom is 0.340 e. The molecule has 2 aliphatic heterocycles. The van der Waals surface area contributed by atoms with Gasteiger partial charge in [0.15, 0.2) is 17.1 Å². The van der Waals surface area contributed by atoms with E-state index in [1.165, 1.54) is 14.2 Å². The van der Waals surface area contributed by atoms with Gasteiger partial charge in [0.25, 0.3) is 0 Å². The van der Waals surface area contributed by atoms with Crippen LogP contribution in [0.25, 0.3) is 0 Å². The Balaban J connectivity index is 1.63. The standard InChI is InChI=1S/C32H36O11/c1-36-27-17-24(18-28(37-2)30(27)34)32(26-6-4-3-5-25(26)31(35)43-32)23-15-21-19-41-13-11-39-9-7-38-8-10-40-12-14-42-20-22(16-23)29(21)33/h3-6,15-18,33-34H,7-14,19-20H2,1-2H3. The Morgan fingerprint density at radius 3 is 1.63 bits per heavy atom. The van der Waals surface area contributed by atoms with Gasteiger partial charge in [-0.2, -0.15) is 0 Å². The average Bonchev–Trinajstić information content (AvgIpc) is 3.33. The minimum atomic E-state index is -1.48. The number of methoxy groups -OCH3 is 2. The number of aromatic hydroxyl groups is 2. The highest BCUT2D eigenvalue weighted by Gasteiger charge is 2.49. The van der Waals surface area contributed by atoms with Crippen molar-refractivity contribution < 1.29 is 52.9 Å². The number of rotatable bonds is 4. The molecule has 0 aromatic heterocycles. The Hall–Kier alpha value is -3.87. The molecule has 0 amide bonds. The van der Waals surface area contributed by atoms with E-state index in [0.29, 0.717) is 73.0 Å². The summed E-state index contributed by atoms with van der Waals surface area (Å²) in [5.74, 6) is -0.429. The second-order valence-electron chi connectivity index (χ2n) is 9.93. The molecular weight excluding hydrogens is 560 g/mol. The fraction of sp³-hybridized carbons (Fsp3) is 0.406. The van der Waals surface area contributed by atoms with E-state index in [1.54, 1.807) is 36.4 Å². The molecule has 43 heavy (non-hydrogen) atoms. The summed E-state index contributed by atoms with van der Waals surface area (Å²) >= 11 is 0. The van der Waals surface area contributed by atoms with Gasteiger partial charge in [0.2, 0.25) is 5.75 Å². The van der Waals surface area contributed by atoms with E-state index in [9.17, 15) is 15.0 Å². The lowest BCUT2D eigenvalue weighted by Gasteiger charge is -2.32. The van der Waals surface area contributed by atoms with E-state index in [2.05, 4.69) is 0 Å². The molecule has 2 bridgehead atoms. The van der Waals surface area contributed by atoms with Gasteiger partial charge in [-0.15, -0.1) is 0 Å². The highest BCUT2D eigenvalue weighted by Crippen LogP contribution is 2.51. The zero-order valence-corrected chi connectivity index (χ0v) is 24.3. The minimum absolute atomic E-state index is 0.00808. The van der Waals surface area contributed by atoms with Crippen molar-refractivity contribution in [2.24, 2.45) is 0 Å². The van der Waals surface area contributed by atoms with Crippen molar-refractivity contribution in [2.45, 2.75) is 18.8 Å². The molecule has 0 saturated heterocycles. The molecule has 3 aromatic rings. The van der Waals surface area contributed by atoms with Crippen molar-refractivity contribution in [3.63, 3.8) is 0 Å². The molecule has 0 fully saturated rings. The molecule has 0 aliphatic carbocycles. The molecule has 0 radical (unpaired) electrons. The number of fused-ring (bicyclic) bond motifs is 3. The number of cyclic esters (lactones) is 1. The van der Waals surface area contributed by atoms with Crippen molar-refractivity contribution in [3.05, 3.63) is 81.9 Å². The van der Waals surface area contributed by atoms with Gasteiger partial charge >= 0.3 is 5.97 Å². The van der Waals surface area contributed by atoms with E-state index < -0.39 is 11.6 Å². The first kappa shape index (κ1) is 30.6. The van der Waals surface area contributed by atoms with Gasteiger partial charge in [-0.25, -0.2) is 4.79 Å². The number of carbonyl (C=O) groups excluding carboxylic acids is 1. The van der Waals surface area contributed by atoms with Crippen LogP contribution in [0.5, 0.6) is 23.0 Å². The molecule has 2 heterocycles. The SMILES string of the molecule is COc1cc(C2(c3cc4c(O)c(c3)COCCOCCOCCOCCOC4)OC(=O)c3ccccc32)cc(OC)c1O. The van der Waals surface area contributed by atoms with Crippen molar-refractivity contribution in [1.29, 1.82) is 0 Å². The molecule has 11 heteroatoms. The second-order valence-corrected chi connectivity index (χ2v) is 9.93. The van der Waals surface area contributed by atoms with Crippen LogP contribution in [0.3, 0.4) is 0 Å². The lowest BCUT2D eigenvalue weighted by molar-refractivity contribution is -0.0148. The second kappa shape index (κ2) is 14.1. The predicted molar refractivity (Wildman–Crippen MR) is 153 cm³/mol. The first-order chi connectivity index (χ1) is 21.0. The Morgan fingerprint density at radius 1 is 0.651 bits per heavy atom. The van der Waals surface area contributed by atoms with Gasteiger partial charge in [0.1, 0.15) is 5.75 Å². The van der Waals surface area contributed by atoms with Crippen LogP contribution in [0, 0.1) is 0 Å². The van der Waals surface area contributed by atoms with Crippen LogP contribution < -0.4 is 9.47 Å². The maximum absolute atomic E-state index is 13.3. The summed E-state index contributed by atoms with van der Waals surface area (Å²) in [5, 5.41) is 22.0. The molecule has 3 aromatic carbocycles. The first-order valence-electron chi connectivity index (χ1n) is 14.0. The van der Waals surface area contributed by atoms with E-state index in [4.69, 9.17) is 37.9 Å². The zero-order valence-electron chi connectivity index (χ0n) is 24.3. The monoisotopic (exact) mass is 596 g/mol. The van der Waals surface area contributed by atoms with E-state index in [0.717, 1.165) is 0 Å². The predicted octanol–water partition coefficient (Wildman–Crippen LogP) is 3.67. The highest BCUT2D eigenvalue weighted by atomic mass is 16.6. The van der Waals surface area contributed by atoms with Crippen LogP contribution in [-0.4, -0.2) is 83.3 Å². The molecular formula is C32H36O11. The molecule has 1 unspecified atom stereocenters. The molecule has 0 spiro atoms. The van der Waals surface area contributed by atoms with Crippen LogP contribution in [0.4, 0.5) is 0 Å². The summed E-state index contributed by atoms with van der Waals surface area (Å²) in [6, 6.07) is 13.8. The number of esters is 1. The average molecular weight is 597 g/mol. The van der Waals surface area contributed by atoms with Crippen molar-refractivity contribution in [2.75, 3.05) is 67.1 Å². The van der Waals surface area contributed by atoms with Gasteiger partial charge in [-0.3, -0.25) is 0 Å². The van der Waals surface area contributed by atoms with Crippen molar-refractivity contribution in [3.8, 4) is 23.0 Å². The Morgan fingerprint density at radius 2 is 1.12 bits per heavy atom. The number of phenolic OH excluding ortho intramolecular Hbond substituents is 2. The minimum Gasteiger partial charge on any atom is -0.507 e. The molecule has 1 atom stereocenters. The lowest BCUT2D eigenvalue weighted by Crippen LogP contribution is -2.30. The summed E-state index contributed by atoms with van der Waals surface area (Å²) in [4.78, 5) is 13.3. The zero-order chi connectivity index (χ0) is 30.2. The number of ether oxygens (including phenoxy) is 8. The third-order valence-electron chi connectivity index (χ3n) is 7.34. The van der Waals surface area contributed by atoms with Gasteiger partial charge in [-0.05, 0) is 30.3 Å². The quantitative estimate of drug-likeness (QED) is 0.428. The third kappa shape index (κ3) is 6.41. The Bertz CT molecular complexity index is 1360. The van der Waals surface area contributed by atoms with Crippen LogP contribution >= 0.6 is 0 Å². The molecule has 11 nitrogen and oxygen atoms in total. The number of hydrogen-bond acceptors (Lipinski definition) is 11. The fourth-order valence-electron chi connectivity index (χ4n) is 5.23. The van der Waals surface area contributed by atoms with Crippen molar-refractivity contribution >= 4 is 5.97 Å². The summed E-state index contributed by atoms with van der Waals surface area (Å²) in [6.45, 7) is 3.11. The Labute approximate surface area is 249 Å². The molecule has 2 aliphatic rings. The molecule has 0 saturated carbocycles. The van der Waals surface area contributed by atoms with E-state index in [-0.39, 0.29) is 49.4 Å². The first-order valence-corrected chi connectivity index (χ1v) is 14.0. The summed E-state index contributed by atoms with van der Waals surface area (Å²) in [7, 11) is 2.85. The van der Waals surface area contributed by atoms with Gasteiger partial charge in [0, 0.05) is 27.8 Å². The van der Waals surface area contributed by atoms with Crippen LogP contribution in [-0.2, 0) is 47.2 Å². The van der Waals surface area contributed by atoms with Crippen LogP contribution in [0.2, 0.25) is 0 Å². The largest absolute Gasteiger partial charge is 0.507 e. The van der Waals surface area contributed by atoms with Gasteiger partial charge < -0.3 is 48.1 Å². The van der Waals surface area contributed by atoms with E-state index >= 15 is 0 Å². The summed E-state index contributed by atoms with van der Waals surface area (Å²) in [6.07, 6.45) is 0. The topological polar surface area (TPSA) is 131 Å². The fourth-order valence-corrected chi connectivity index (χ4v) is 5.23. The summed E-state index contributed by atoms with van der Waals surface area (Å²) in [5.41, 5.74) is 1.43. The molecule has 2 N–H and O–H groups in total. The number of phenols is 2. The Kier molecular flexibility index (Phi) is 10.0. The highest BCUT2D eigenvalue weighted by molar-refractivity contribution is 5.96. The van der Waals surface area contributed by atoms with Gasteiger partial charge in [0.05, 0.1) is 85.9 Å². The number of carbonyl (C=O) groups is 1. The third-order valence-corrected chi connectivity index (χ3v) is 7.34. The normalized spacial score (nSPS) is 20.4. The lowest BCUT2D eigenvalue weighted by atomic mass is 9.78. The van der Waals surface area contributed by atoms with Crippen LogP contribution in [0.15, 0.2) is 48.5 Å². The van der Waals surface area contributed by atoms with Crippen LogP contribution in [0.1, 0.15) is 38.2 Å². The number of hydrogen-bond donors (Lipinski definition) is 2. The number of benzene rings is 3.